The van der Waals surface area contributed by atoms with Crippen LogP contribution in [0.5, 0.6) is 0 Å². The maximum absolute atomic E-state index is 12.7. The molecule has 2 amide bonds. The van der Waals surface area contributed by atoms with E-state index < -0.39 is 0 Å². The van der Waals surface area contributed by atoms with Crippen molar-refractivity contribution in [3.8, 4) is 0 Å². The van der Waals surface area contributed by atoms with E-state index in [4.69, 9.17) is 5.73 Å². The Morgan fingerprint density at radius 2 is 1.80 bits per heavy atom. The van der Waals surface area contributed by atoms with Gasteiger partial charge in [0.1, 0.15) is 0 Å². The highest BCUT2D eigenvalue weighted by molar-refractivity contribution is 5.97. The number of nitrogens with two attached hydrogens (primary N) is 1. The minimum Gasteiger partial charge on any atom is -0.345 e. The quantitative estimate of drug-likeness (QED) is 0.864. The summed E-state index contributed by atoms with van der Waals surface area (Å²) in [5, 5.41) is 3.00. The molecule has 6 heteroatoms. The first kappa shape index (κ1) is 19.7. The van der Waals surface area contributed by atoms with E-state index in [1.165, 1.54) is 11.3 Å². The lowest BCUT2D eigenvalue weighted by molar-refractivity contribution is -0.122. The number of rotatable bonds is 3. The van der Waals surface area contributed by atoms with Crippen LogP contribution >= 0.6 is 12.4 Å². The summed E-state index contributed by atoms with van der Waals surface area (Å²) in [5.41, 5.74) is 7.58. The zero-order chi connectivity index (χ0) is 17.3. The topological polar surface area (TPSA) is 75.4 Å². The molecule has 2 fully saturated rings. The number of nitrogens with zero attached hydrogens (tertiary/aromatic N) is 1. The van der Waals surface area contributed by atoms with Crippen LogP contribution in [0.1, 0.15) is 42.5 Å². The summed E-state index contributed by atoms with van der Waals surface area (Å²) in [6, 6.07) is 7.42. The SMILES string of the molecule is CN(C)C(=O)c1cccc(NC(=O)C2CC3CCCC(C2)C3N)c1.Cl. The van der Waals surface area contributed by atoms with Gasteiger partial charge in [0.25, 0.3) is 5.91 Å². The molecule has 1 aromatic carbocycles. The van der Waals surface area contributed by atoms with Gasteiger partial charge in [-0.2, -0.15) is 0 Å². The normalized spacial score (nSPS) is 27.8. The summed E-state index contributed by atoms with van der Waals surface area (Å²) in [4.78, 5) is 26.3. The Kier molecular flexibility index (Phi) is 6.47. The van der Waals surface area contributed by atoms with E-state index in [-0.39, 0.29) is 36.2 Å². The number of nitrogens with one attached hydrogen (secondary N) is 1. The van der Waals surface area contributed by atoms with Crippen molar-refractivity contribution in [1.82, 2.24) is 4.90 Å². The number of carbonyl (C=O) groups excluding carboxylic acids is 2. The van der Waals surface area contributed by atoms with Crippen LogP contribution in [0.4, 0.5) is 5.69 Å². The third-order valence-corrected chi connectivity index (χ3v) is 5.57. The molecule has 2 saturated carbocycles. The number of benzene rings is 1. The molecule has 2 atom stereocenters. The minimum atomic E-state index is -0.0655. The number of hydrogen-bond donors (Lipinski definition) is 2. The second kappa shape index (κ2) is 8.19. The van der Waals surface area contributed by atoms with Crippen molar-refractivity contribution >= 4 is 29.9 Å². The highest BCUT2D eigenvalue weighted by Gasteiger charge is 2.40. The van der Waals surface area contributed by atoms with Gasteiger partial charge in [0.15, 0.2) is 0 Å². The summed E-state index contributed by atoms with van der Waals surface area (Å²) >= 11 is 0. The van der Waals surface area contributed by atoms with Crippen LogP contribution < -0.4 is 11.1 Å². The van der Waals surface area contributed by atoms with E-state index >= 15 is 0 Å². The molecule has 0 saturated heterocycles. The van der Waals surface area contributed by atoms with Crippen LogP contribution in [0.2, 0.25) is 0 Å². The zero-order valence-corrected chi connectivity index (χ0v) is 15.7. The monoisotopic (exact) mass is 365 g/mol. The van der Waals surface area contributed by atoms with Gasteiger partial charge in [0, 0.05) is 37.3 Å². The van der Waals surface area contributed by atoms with Gasteiger partial charge in [-0.25, -0.2) is 0 Å². The average Bonchev–Trinajstić information content (AvgIpc) is 2.54. The second-order valence-corrected chi connectivity index (χ2v) is 7.47. The van der Waals surface area contributed by atoms with Crippen LogP contribution in [-0.4, -0.2) is 36.9 Å². The van der Waals surface area contributed by atoms with Crippen LogP contribution in [0.3, 0.4) is 0 Å². The molecule has 138 valence electrons. The molecule has 2 aliphatic rings. The Labute approximate surface area is 155 Å². The molecule has 3 rings (SSSR count). The lowest BCUT2D eigenvalue weighted by atomic mass is 9.65. The molecule has 0 aromatic heterocycles. The number of fused-ring (bicyclic) bond motifs is 2. The maximum Gasteiger partial charge on any atom is 0.253 e. The van der Waals surface area contributed by atoms with E-state index in [1.54, 1.807) is 32.3 Å². The molecule has 25 heavy (non-hydrogen) atoms. The molecular formula is C19H28ClN3O2. The molecular weight excluding hydrogens is 338 g/mol. The summed E-state index contributed by atoms with van der Waals surface area (Å²) in [5.74, 6) is 0.996. The Bertz CT molecular complexity index is 621. The molecule has 1 aromatic rings. The van der Waals surface area contributed by atoms with Gasteiger partial charge >= 0.3 is 0 Å². The molecule has 2 bridgehead atoms. The summed E-state index contributed by atoms with van der Waals surface area (Å²) in [7, 11) is 3.44. The van der Waals surface area contributed by atoms with Gasteiger partial charge in [0.05, 0.1) is 0 Å². The molecule has 0 aliphatic heterocycles. The Morgan fingerprint density at radius 1 is 1.16 bits per heavy atom. The molecule has 2 aliphatic carbocycles. The zero-order valence-electron chi connectivity index (χ0n) is 14.9. The Morgan fingerprint density at radius 3 is 2.40 bits per heavy atom. The Hall–Kier alpha value is -1.59. The second-order valence-electron chi connectivity index (χ2n) is 7.47. The first-order valence-corrected chi connectivity index (χ1v) is 8.84. The van der Waals surface area contributed by atoms with Crippen LogP contribution in [0.15, 0.2) is 24.3 Å². The summed E-state index contributed by atoms with van der Waals surface area (Å²) in [6.45, 7) is 0. The molecule has 3 N–H and O–H groups in total. The molecule has 5 nitrogen and oxygen atoms in total. The number of hydrogen-bond acceptors (Lipinski definition) is 3. The molecule has 2 unspecified atom stereocenters. The van der Waals surface area contributed by atoms with E-state index in [0.29, 0.717) is 23.1 Å². The van der Waals surface area contributed by atoms with Crippen molar-refractivity contribution < 1.29 is 9.59 Å². The fourth-order valence-corrected chi connectivity index (χ4v) is 4.24. The largest absolute Gasteiger partial charge is 0.345 e. The van der Waals surface area contributed by atoms with E-state index in [1.807, 2.05) is 6.07 Å². The standard InChI is InChI=1S/C19H27N3O2.ClH/c1-22(2)19(24)14-7-4-8-16(11-14)21-18(23)15-9-12-5-3-6-13(10-15)17(12)20;/h4,7-8,11-13,15,17H,3,5-6,9-10,20H2,1-2H3,(H,21,23);1H. The highest BCUT2D eigenvalue weighted by atomic mass is 35.5. The lowest BCUT2D eigenvalue weighted by Gasteiger charge is -2.43. The smallest absolute Gasteiger partial charge is 0.253 e. The van der Waals surface area contributed by atoms with Crippen LogP contribution in [0.25, 0.3) is 0 Å². The number of halogens is 1. The third-order valence-electron chi connectivity index (χ3n) is 5.57. The number of carbonyl (C=O) groups is 2. The van der Waals surface area contributed by atoms with E-state index in [2.05, 4.69) is 5.32 Å². The lowest BCUT2D eigenvalue weighted by Crippen LogP contribution is -2.48. The van der Waals surface area contributed by atoms with Crippen LogP contribution in [-0.2, 0) is 4.79 Å². The van der Waals surface area contributed by atoms with Gasteiger partial charge in [-0.15, -0.1) is 12.4 Å². The van der Waals surface area contributed by atoms with Crippen LogP contribution in [0, 0.1) is 17.8 Å². The van der Waals surface area contributed by atoms with Gasteiger partial charge in [-0.05, 0) is 55.7 Å². The highest BCUT2D eigenvalue weighted by Crippen LogP contribution is 2.42. The molecule has 0 heterocycles. The predicted octanol–water partition coefficient (Wildman–Crippen LogP) is 2.90. The van der Waals surface area contributed by atoms with E-state index in [9.17, 15) is 9.59 Å². The van der Waals surface area contributed by atoms with Crippen molar-refractivity contribution in [3.05, 3.63) is 29.8 Å². The first-order valence-electron chi connectivity index (χ1n) is 8.84. The first-order chi connectivity index (χ1) is 11.5. The Balaban J connectivity index is 0.00000225. The summed E-state index contributed by atoms with van der Waals surface area (Å²) < 4.78 is 0. The maximum atomic E-state index is 12.7. The van der Waals surface area contributed by atoms with Crippen molar-refractivity contribution in [3.63, 3.8) is 0 Å². The minimum absolute atomic E-state index is 0. The number of anilines is 1. The van der Waals surface area contributed by atoms with Crippen molar-refractivity contribution in [2.24, 2.45) is 23.5 Å². The van der Waals surface area contributed by atoms with Crippen molar-refractivity contribution in [2.45, 2.75) is 38.1 Å². The molecule has 0 radical (unpaired) electrons. The van der Waals surface area contributed by atoms with Gasteiger partial charge in [-0.3, -0.25) is 9.59 Å². The van der Waals surface area contributed by atoms with Gasteiger partial charge < -0.3 is 16.0 Å². The molecule has 0 spiro atoms. The summed E-state index contributed by atoms with van der Waals surface area (Å²) in [6.07, 6.45) is 5.31. The van der Waals surface area contributed by atoms with Gasteiger partial charge in [0.2, 0.25) is 5.91 Å². The van der Waals surface area contributed by atoms with Gasteiger partial charge in [-0.1, -0.05) is 12.5 Å². The predicted molar refractivity (Wildman–Crippen MR) is 102 cm³/mol. The fraction of sp³-hybridized carbons (Fsp3) is 0.579. The van der Waals surface area contributed by atoms with Crippen molar-refractivity contribution in [1.29, 1.82) is 0 Å². The third kappa shape index (κ3) is 4.33. The number of amides is 2. The average molecular weight is 366 g/mol. The van der Waals surface area contributed by atoms with Crippen molar-refractivity contribution in [2.75, 3.05) is 19.4 Å². The van der Waals surface area contributed by atoms with E-state index in [0.717, 1.165) is 25.7 Å². The fourth-order valence-electron chi connectivity index (χ4n) is 4.24.